The number of hydrogen-bond acceptors (Lipinski definition) is 3. The zero-order valence-corrected chi connectivity index (χ0v) is 14.7. The summed E-state index contributed by atoms with van der Waals surface area (Å²) in [7, 11) is 0. The van der Waals surface area contributed by atoms with Gasteiger partial charge in [-0.05, 0) is 55.8 Å². The van der Waals surface area contributed by atoms with Gasteiger partial charge in [-0.15, -0.1) is 0 Å². The molecule has 0 aliphatic rings. The Kier molecular flexibility index (Phi) is 6.26. The topological polar surface area (TPSA) is 50.7 Å². The highest BCUT2D eigenvalue weighted by Crippen LogP contribution is 2.29. The fourth-order valence-corrected chi connectivity index (χ4v) is 2.25. The number of amides is 1. The molecule has 0 fully saturated rings. The van der Waals surface area contributed by atoms with Crippen LogP contribution in [-0.2, 0) is 6.18 Å². The zero-order valence-electron chi connectivity index (χ0n) is 14.0. The number of nitrogens with one attached hydrogen (secondary N) is 1. The maximum atomic E-state index is 12.7. The predicted octanol–water partition coefficient (Wildman–Crippen LogP) is 4.91. The molecule has 4 nitrogen and oxygen atoms in total. The molecule has 8 heteroatoms. The van der Waals surface area contributed by atoms with Gasteiger partial charge in [-0.2, -0.15) is 18.3 Å². The summed E-state index contributed by atoms with van der Waals surface area (Å²) in [5, 5.41) is 4.12. The molecule has 0 atom stereocenters. The van der Waals surface area contributed by atoms with Crippen LogP contribution in [0, 0.1) is 0 Å². The van der Waals surface area contributed by atoms with Crippen molar-refractivity contribution >= 4 is 23.7 Å². The monoisotopic (exact) mass is 384 g/mol. The van der Waals surface area contributed by atoms with Crippen LogP contribution in [0.3, 0.4) is 0 Å². The van der Waals surface area contributed by atoms with Crippen LogP contribution in [0.15, 0.2) is 47.6 Å². The molecule has 0 unspecified atom stereocenters. The molecule has 0 aromatic heterocycles. The lowest BCUT2D eigenvalue weighted by molar-refractivity contribution is -0.137. The first kappa shape index (κ1) is 19.8. The molecule has 0 radical (unpaired) electrons. The van der Waals surface area contributed by atoms with Crippen molar-refractivity contribution in [3.8, 4) is 5.75 Å². The van der Waals surface area contributed by atoms with Crippen molar-refractivity contribution in [1.82, 2.24) is 5.43 Å². The van der Waals surface area contributed by atoms with Crippen LogP contribution in [0.1, 0.15) is 35.3 Å². The van der Waals surface area contributed by atoms with Crippen LogP contribution >= 0.6 is 11.6 Å². The van der Waals surface area contributed by atoms with Crippen molar-refractivity contribution in [3.63, 3.8) is 0 Å². The second-order valence-corrected chi connectivity index (χ2v) is 6.04. The highest BCUT2D eigenvalue weighted by molar-refractivity contribution is 6.32. The van der Waals surface area contributed by atoms with E-state index in [-0.39, 0.29) is 11.7 Å². The SMILES string of the molecule is CC(C)Oc1ccc(/C=N\NC(=O)c2cccc(C(F)(F)F)c2)cc1Cl. The van der Waals surface area contributed by atoms with E-state index in [2.05, 4.69) is 10.5 Å². The number of carbonyl (C=O) groups excluding carboxylic acids is 1. The number of hydrogen-bond donors (Lipinski definition) is 1. The van der Waals surface area contributed by atoms with Crippen molar-refractivity contribution in [2.45, 2.75) is 26.1 Å². The predicted molar refractivity (Wildman–Crippen MR) is 93.7 cm³/mol. The van der Waals surface area contributed by atoms with Crippen LogP contribution in [0.5, 0.6) is 5.75 Å². The molecule has 1 N–H and O–H groups in total. The van der Waals surface area contributed by atoms with Crippen molar-refractivity contribution in [2.75, 3.05) is 0 Å². The Balaban J connectivity index is 2.04. The summed E-state index contributed by atoms with van der Waals surface area (Å²) in [6, 6.07) is 9.04. The van der Waals surface area contributed by atoms with Crippen LogP contribution < -0.4 is 10.2 Å². The molecular formula is C18H16ClF3N2O2. The highest BCUT2D eigenvalue weighted by atomic mass is 35.5. The van der Waals surface area contributed by atoms with Crippen molar-refractivity contribution in [2.24, 2.45) is 5.10 Å². The highest BCUT2D eigenvalue weighted by Gasteiger charge is 2.30. The van der Waals surface area contributed by atoms with E-state index in [9.17, 15) is 18.0 Å². The van der Waals surface area contributed by atoms with Gasteiger partial charge in [0.25, 0.3) is 5.91 Å². The van der Waals surface area contributed by atoms with Crippen molar-refractivity contribution < 1.29 is 22.7 Å². The van der Waals surface area contributed by atoms with Gasteiger partial charge in [0.1, 0.15) is 5.75 Å². The van der Waals surface area contributed by atoms with Crippen LogP contribution in [-0.4, -0.2) is 18.2 Å². The summed E-state index contributed by atoms with van der Waals surface area (Å²) < 4.78 is 43.5. The van der Waals surface area contributed by atoms with E-state index in [1.807, 2.05) is 13.8 Å². The number of carbonyl (C=O) groups is 1. The molecule has 0 saturated heterocycles. The quantitative estimate of drug-likeness (QED) is 0.588. The third kappa shape index (κ3) is 5.49. The minimum Gasteiger partial charge on any atom is -0.489 e. The Morgan fingerprint density at radius 3 is 2.58 bits per heavy atom. The second kappa shape index (κ2) is 8.23. The number of halogens is 4. The van der Waals surface area contributed by atoms with Gasteiger partial charge in [-0.1, -0.05) is 17.7 Å². The summed E-state index contributed by atoms with van der Waals surface area (Å²) in [5.41, 5.74) is 1.73. The lowest BCUT2D eigenvalue weighted by atomic mass is 10.1. The molecule has 0 heterocycles. The minimum atomic E-state index is -4.52. The van der Waals surface area contributed by atoms with Gasteiger partial charge in [0.2, 0.25) is 0 Å². The normalized spacial score (nSPS) is 11.8. The molecule has 0 aliphatic carbocycles. The zero-order chi connectivity index (χ0) is 19.3. The first-order chi connectivity index (χ1) is 12.2. The number of benzene rings is 2. The van der Waals surface area contributed by atoms with Crippen LogP contribution in [0.25, 0.3) is 0 Å². The molecule has 138 valence electrons. The van der Waals surface area contributed by atoms with Gasteiger partial charge >= 0.3 is 6.18 Å². The molecule has 2 rings (SSSR count). The van der Waals surface area contributed by atoms with E-state index in [0.29, 0.717) is 16.3 Å². The average Bonchev–Trinajstić information content (AvgIpc) is 2.56. The molecule has 0 aliphatic heterocycles. The third-order valence-electron chi connectivity index (χ3n) is 3.15. The number of ether oxygens (including phenoxy) is 1. The van der Waals surface area contributed by atoms with E-state index < -0.39 is 17.6 Å². The third-order valence-corrected chi connectivity index (χ3v) is 3.45. The van der Waals surface area contributed by atoms with E-state index in [4.69, 9.17) is 16.3 Å². The summed E-state index contributed by atoms with van der Waals surface area (Å²) >= 11 is 6.09. The van der Waals surface area contributed by atoms with Gasteiger partial charge in [-0.25, -0.2) is 5.43 Å². The maximum Gasteiger partial charge on any atom is 0.416 e. The molecule has 2 aromatic carbocycles. The summed E-state index contributed by atoms with van der Waals surface area (Å²) in [5.74, 6) is -0.231. The smallest absolute Gasteiger partial charge is 0.416 e. The van der Waals surface area contributed by atoms with Gasteiger partial charge in [0.05, 0.1) is 22.9 Å². The first-order valence-electron chi connectivity index (χ1n) is 7.63. The Morgan fingerprint density at radius 1 is 1.23 bits per heavy atom. The van der Waals surface area contributed by atoms with Crippen molar-refractivity contribution in [3.05, 3.63) is 64.2 Å². The fraction of sp³-hybridized carbons (Fsp3) is 0.222. The number of rotatable bonds is 5. The van der Waals surface area contributed by atoms with Crippen LogP contribution in [0.2, 0.25) is 5.02 Å². The standard InChI is InChI=1S/C18H16ClF3N2O2/c1-11(2)26-16-7-6-12(8-15(16)19)10-23-24-17(25)13-4-3-5-14(9-13)18(20,21)22/h3-11H,1-2H3,(H,24,25)/b23-10-. The van der Waals surface area contributed by atoms with Crippen LogP contribution in [0.4, 0.5) is 13.2 Å². The lowest BCUT2D eigenvalue weighted by Crippen LogP contribution is -2.18. The maximum absolute atomic E-state index is 12.7. The van der Waals surface area contributed by atoms with Gasteiger partial charge in [0.15, 0.2) is 0 Å². The number of hydrazone groups is 1. The Hall–Kier alpha value is -2.54. The summed E-state index contributed by atoms with van der Waals surface area (Å²) in [4.78, 5) is 11.9. The summed E-state index contributed by atoms with van der Waals surface area (Å²) in [6.45, 7) is 3.74. The Morgan fingerprint density at radius 2 is 1.96 bits per heavy atom. The van der Waals surface area contributed by atoms with Gasteiger partial charge in [-0.3, -0.25) is 4.79 Å². The van der Waals surface area contributed by atoms with E-state index in [1.165, 1.54) is 12.3 Å². The lowest BCUT2D eigenvalue weighted by Gasteiger charge is -2.11. The molecule has 0 bridgehead atoms. The largest absolute Gasteiger partial charge is 0.489 e. The van der Waals surface area contributed by atoms with Gasteiger partial charge < -0.3 is 4.74 Å². The van der Waals surface area contributed by atoms with Crippen molar-refractivity contribution in [1.29, 1.82) is 0 Å². The molecule has 0 saturated carbocycles. The second-order valence-electron chi connectivity index (χ2n) is 5.63. The molecular weight excluding hydrogens is 369 g/mol. The number of nitrogens with zero attached hydrogens (tertiary/aromatic N) is 1. The minimum absolute atomic E-state index is 0.0289. The molecule has 2 aromatic rings. The van der Waals surface area contributed by atoms with E-state index in [1.54, 1.807) is 18.2 Å². The number of alkyl halides is 3. The molecule has 1 amide bonds. The van der Waals surface area contributed by atoms with Gasteiger partial charge in [0, 0.05) is 5.56 Å². The van der Waals surface area contributed by atoms with E-state index in [0.717, 1.165) is 18.2 Å². The average molecular weight is 385 g/mol. The summed E-state index contributed by atoms with van der Waals surface area (Å²) in [6.07, 6.45) is -3.22. The Bertz CT molecular complexity index is 820. The fourth-order valence-electron chi connectivity index (χ4n) is 2.01. The first-order valence-corrected chi connectivity index (χ1v) is 8.01. The molecule has 0 spiro atoms. The van der Waals surface area contributed by atoms with E-state index >= 15 is 0 Å². The molecule has 26 heavy (non-hydrogen) atoms. The Labute approximate surface area is 153 Å².